The number of carbonyl (C=O) groups excluding carboxylic acids is 1. The maximum Gasteiger partial charge on any atom is 0.326 e. The smallest absolute Gasteiger partial charge is 0.326 e. The van der Waals surface area contributed by atoms with Gasteiger partial charge < -0.3 is 10.0 Å². The number of benzene rings is 1. The van der Waals surface area contributed by atoms with Crippen molar-refractivity contribution < 1.29 is 19.1 Å². The topological polar surface area (TPSA) is 88.3 Å². The zero-order valence-electron chi connectivity index (χ0n) is 13.0. The first-order valence-corrected chi connectivity index (χ1v) is 7.07. The third-order valence-corrected chi connectivity index (χ3v) is 3.52. The lowest BCUT2D eigenvalue weighted by Crippen LogP contribution is -2.40. The summed E-state index contributed by atoms with van der Waals surface area (Å²) in [6, 6.07) is 5.00. The number of aromatic nitrogens is 3. The first kappa shape index (κ1) is 16.6. The van der Waals surface area contributed by atoms with E-state index in [-0.39, 0.29) is 11.5 Å². The number of hydrogen-bond acceptors (Lipinski definition) is 4. The molecule has 0 fully saturated rings. The van der Waals surface area contributed by atoms with Crippen LogP contribution in [-0.2, 0) is 11.2 Å². The number of carbonyl (C=O) groups is 2. The summed E-state index contributed by atoms with van der Waals surface area (Å²) >= 11 is 0. The standard InChI is InChI=1S/C15H17FN4O3/c1-4-12-17-13(14(21)19(3)9(2)15(22)23)18-20(12)11-8-6-5-7-10(11)16/h5-9H,4H2,1-3H3,(H,22,23). The molecule has 1 amide bonds. The number of para-hydroxylation sites is 1. The molecule has 2 rings (SSSR count). The fourth-order valence-electron chi connectivity index (χ4n) is 1.98. The molecule has 0 aliphatic rings. The van der Waals surface area contributed by atoms with Gasteiger partial charge in [0.25, 0.3) is 5.91 Å². The lowest BCUT2D eigenvalue weighted by molar-refractivity contribution is -0.141. The quantitative estimate of drug-likeness (QED) is 0.902. The molecule has 7 nitrogen and oxygen atoms in total. The Hall–Kier alpha value is -2.77. The predicted molar refractivity (Wildman–Crippen MR) is 79.9 cm³/mol. The van der Waals surface area contributed by atoms with Crippen LogP contribution in [0.2, 0.25) is 0 Å². The van der Waals surface area contributed by atoms with Crippen molar-refractivity contribution in [3.8, 4) is 5.69 Å². The molecule has 1 heterocycles. The number of likely N-dealkylation sites (N-methyl/N-ethyl adjacent to an activating group) is 1. The van der Waals surface area contributed by atoms with E-state index in [0.29, 0.717) is 12.2 Å². The average Bonchev–Trinajstić information content (AvgIpc) is 2.97. The van der Waals surface area contributed by atoms with Gasteiger partial charge in [-0.2, -0.15) is 0 Å². The van der Waals surface area contributed by atoms with Gasteiger partial charge >= 0.3 is 5.97 Å². The number of carboxylic acid groups (broad SMARTS) is 1. The Labute approximate surface area is 132 Å². The molecule has 0 aliphatic carbocycles. The lowest BCUT2D eigenvalue weighted by Gasteiger charge is -2.19. The highest BCUT2D eigenvalue weighted by molar-refractivity contribution is 5.93. The number of hydrogen-bond donors (Lipinski definition) is 1. The molecule has 0 bridgehead atoms. The van der Waals surface area contributed by atoms with E-state index in [1.807, 2.05) is 0 Å². The van der Waals surface area contributed by atoms with Crippen LogP contribution < -0.4 is 0 Å². The Balaban J connectivity index is 2.42. The molecule has 0 aliphatic heterocycles. The predicted octanol–water partition coefficient (Wildman–Crippen LogP) is 1.51. The maximum absolute atomic E-state index is 13.9. The second-order valence-electron chi connectivity index (χ2n) is 5.00. The third-order valence-electron chi connectivity index (χ3n) is 3.52. The Morgan fingerprint density at radius 3 is 2.61 bits per heavy atom. The van der Waals surface area contributed by atoms with Crippen molar-refractivity contribution >= 4 is 11.9 Å². The van der Waals surface area contributed by atoms with E-state index < -0.39 is 23.7 Å². The zero-order valence-corrected chi connectivity index (χ0v) is 13.0. The lowest BCUT2D eigenvalue weighted by atomic mass is 10.3. The molecule has 0 saturated carbocycles. The van der Waals surface area contributed by atoms with Crippen molar-refractivity contribution in [3.63, 3.8) is 0 Å². The molecule has 2 aromatic rings. The van der Waals surface area contributed by atoms with E-state index >= 15 is 0 Å². The molecule has 8 heteroatoms. The fourth-order valence-corrected chi connectivity index (χ4v) is 1.98. The highest BCUT2D eigenvalue weighted by Crippen LogP contribution is 2.15. The van der Waals surface area contributed by atoms with Crippen molar-refractivity contribution in [1.82, 2.24) is 19.7 Å². The molecule has 1 aromatic carbocycles. The van der Waals surface area contributed by atoms with E-state index in [1.165, 1.54) is 30.8 Å². The van der Waals surface area contributed by atoms with Gasteiger partial charge in [0.2, 0.25) is 5.82 Å². The molecular formula is C15H17FN4O3. The molecule has 23 heavy (non-hydrogen) atoms. The first-order valence-electron chi connectivity index (χ1n) is 7.07. The van der Waals surface area contributed by atoms with Gasteiger partial charge in [0, 0.05) is 13.5 Å². The van der Waals surface area contributed by atoms with Gasteiger partial charge in [-0.15, -0.1) is 5.10 Å². The summed E-state index contributed by atoms with van der Waals surface area (Å²) in [7, 11) is 1.36. The summed E-state index contributed by atoms with van der Waals surface area (Å²) < 4.78 is 15.2. The molecular weight excluding hydrogens is 303 g/mol. The SMILES string of the molecule is CCc1nc(C(=O)N(C)C(C)C(=O)O)nn1-c1ccccc1F. The fraction of sp³-hybridized carbons (Fsp3) is 0.333. The van der Waals surface area contributed by atoms with Gasteiger partial charge in [0.1, 0.15) is 23.4 Å². The van der Waals surface area contributed by atoms with Gasteiger partial charge in [-0.25, -0.2) is 18.9 Å². The monoisotopic (exact) mass is 320 g/mol. The van der Waals surface area contributed by atoms with Gasteiger partial charge in [-0.1, -0.05) is 19.1 Å². The third kappa shape index (κ3) is 3.20. The van der Waals surface area contributed by atoms with Crippen LogP contribution in [0.3, 0.4) is 0 Å². The highest BCUT2D eigenvalue weighted by Gasteiger charge is 2.27. The van der Waals surface area contributed by atoms with Crippen molar-refractivity contribution in [1.29, 1.82) is 0 Å². The molecule has 122 valence electrons. The van der Waals surface area contributed by atoms with E-state index in [9.17, 15) is 14.0 Å². The van der Waals surface area contributed by atoms with Crippen molar-refractivity contribution in [3.05, 3.63) is 41.7 Å². The molecule has 0 saturated heterocycles. The van der Waals surface area contributed by atoms with Crippen LogP contribution >= 0.6 is 0 Å². The van der Waals surface area contributed by atoms with E-state index in [1.54, 1.807) is 19.1 Å². The summed E-state index contributed by atoms with van der Waals surface area (Å²) in [5.41, 5.74) is 0.185. The highest BCUT2D eigenvalue weighted by atomic mass is 19.1. The molecule has 0 radical (unpaired) electrons. The summed E-state index contributed by atoms with van der Waals surface area (Å²) in [6.45, 7) is 3.19. The average molecular weight is 320 g/mol. The zero-order chi connectivity index (χ0) is 17.1. The van der Waals surface area contributed by atoms with Gasteiger partial charge in [0.05, 0.1) is 0 Å². The van der Waals surface area contributed by atoms with Gasteiger partial charge in [0.15, 0.2) is 0 Å². The van der Waals surface area contributed by atoms with E-state index in [4.69, 9.17) is 5.11 Å². The summed E-state index contributed by atoms with van der Waals surface area (Å²) in [4.78, 5) is 28.4. The van der Waals surface area contributed by atoms with Crippen LogP contribution in [-0.4, -0.2) is 49.7 Å². The summed E-state index contributed by atoms with van der Waals surface area (Å²) in [5, 5.41) is 13.0. The first-order chi connectivity index (χ1) is 10.9. The number of carboxylic acids is 1. The van der Waals surface area contributed by atoms with Crippen molar-refractivity contribution in [2.45, 2.75) is 26.3 Å². The molecule has 1 N–H and O–H groups in total. The van der Waals surface area contributed by atoms with Crippen LogP contribution in [0.1, 0.15) is 30.3 Å². The minimum absolute atomic E-state index is 0.166. The largest absolute Gasteiger partial charge is 0.480 e. The van der Waals surface area contributed by atoms with Crippen LogP contribution in [0.25, 0.3) is 5.69 Å². The van der Waals surface area contributed by atoms with Crippen LogP contribution in [0.4, 0.5) is 4.39 Å². The molecule has 1 aromatic heterocycles. The second-order valence-corrected chi connectivity index (χ2v) is 5.00. The van der Waals surface area contributed by atoms with E-state index in [2.05, 4.69) is 10.1 Å². The minimum Gasteiger partial charge on any atom is -0.480 e. The molecule has 1 unspecified atom stereocenters. The Morgan fingerprint density at radius 2 is 2.04 bits per heavy atom. The minimum atomic E-state index is -1.13. The van der Waals surface area contributed by atoms with Crippen molar-refractivity contribution in [2.24, 2.45) is 0 Å². The van der Waals surface area contributed by atoms with Crippen LogP contribution in [0, 0.1) is 5.82 Å². The number of rotatable bonds is 5. The number of nitrogens with zero attached hydrogens (tertiary/aromatic N) is 4. The number of amides is 1. The Kier molecular flexibility index (Phi) is 4.73. The van der Waals surface area contributed by atoms with E-state index in [0.717, 1.165) is 4.90 Å². The Morgan fingerprint density at radius 1 is 1.39 bits per heavy atom. The Bertz CT molecular complexity index is 744. The summed E-state index contributed by atoms with van der Waals surface area (Å²) in [6.07, 6.45) is 0.437. The van der Waals surface area contributed by atoms with Crippen LogP contribution in [0.5, 0.6) is 0 Å². The second kappa shape index (κ2) is 6.55. The normalized spacial score (nSPS) is 12.0. The van der Waals surface area contributed by atoms with Gasteiger partial charge in [-0.05, 0) is 19.1 Å². The number of halogens is 1. The maximum atomic E-state index is 13.9. The number of aliphatic carboxylic acids is 1. The van der Waals surface area contributed by atoms with Crippen molar-refractivity contribution in [2.75, 3.05) is 7.05 Å². The molecule has 0 spiro atoms. The van der Waals surface area contributed by atoms with Gasteiger partial charge in [-0.3, -0.25) is 4.79 Å². The summed E-state index contributed by atoms with van der Waals surface area (Å²) in [5.74, 6) is -2.01. The number of aryl methyl sites for hydroxylation is 1. The van der Waals surface area contributed by atoms with Crippen LogP contribution in [0.15, 0.2) is 24.3 Å². The molecule has 1 atom stereocenters.